The number of aliphatic hydroxyl groups excluding tert-OH is 3. The lowest BCUT2D eigenvalue weighted by atomic mass is 10.0. The average molecular weight is 255 g/mol. The Morgan fingerprint density at radius 3 is 2.61 bits per heavy atom. The first-order valence-electron chi connectivity index (χ1n) is 5.49. The number of benzene rings is 1. The Balaban J connectivity index is 2.76. The van der Waals surface area contributed by atoms with Crippen molar-refractivity contribution in [1.82, 2.24) is 5.32 Å². The van der Waals surface area contributed by atoms with Gasteiger partial charge in [0.15, 0.2) is 0 Å². The highest BCUT2D eigenvalue weighted by Gasteiger charge is 2.19. The number of nitrogens with one attached hydrogen (secondary N) is 1. The van der Waals surface area contributed by atoms with Gasteiger partial charge in [0.25, 0.3) is 0 Å². The molecule has 0 aliphatic rings. The minimum absolute atomic E-state index is 0.0775. The standard InChI is InChI=1S/C12H17NO5/c1-7(15)13-5-11(17)12(18)8-2-3-10(16)9(4-8)6-14/h2-4,11-12,14,16-18H,5-6H2,1H3,(H,13,15). The molecule has 0 fully saturated rings. The molecule has 0 saturated carbocycles. The monoisotopic (exact) mass is 255 g/mol. The van der Waals surface area contributed by atoms with E-state index in [2.05, 4.69) is 5.32 Å². The topological polar surface area (TPSA) is 110 Å². The molecule has 1 aromatic carbocycles. The van der Waals surface area contributed by atoms with Crippen LogP contribution >= 0.6 is 0 Å². The molecule has 1 aromatic rings. The van der Waals surface area contributed by atoms with Gasteiger partial charge < -0.3 is 25.7 Å². The lowest BCUT2D eigenvalue weighted by Crippen LogP contribution is -2.34. The molecule has 0 radical (unpaired) electrons. The lowest BCUT2D eigenvalue weighted by molar-refractivity contribution is -0.119. The smallest absolute Gasteiger partial charge is 0.216 e. The molecule has 100 valence electrons. The largest absolute Gasteiger partial charge is 0.508 e. The fourth-order valence-corrected chi connectivity index (χ4v) is 1.50. The summed E-state index contributed by atoms with van der Waals surface area (Å²) in [5, 5.41) is 40.2. The Kier molecular flexibility index (Phi) is 5.08. The second-order valence-electron chi connectivity index (χ2n) is 4.00. The van der Waals surface area contributed by atoms with Crippen LogP contribution in [0.25, 0.3) is 0 Å². The summed E-state index contributed by atoms with van der Waals surface area (Å²) in [6.07, 6.45) is -2.37. The SMILES string of the molecule is CC(=O)NCC(O)C(O)c1ccc(O)c(CO)c1. The van der Waals surface area contributed by atoms with Crippen LogP contribution in [0.1, 0.15) is 24.2 Å². The van der Waals surface area contributed by atoms with Gasteiger partial charge in [0.05, 0.1) is 6.61 Å². The maximum atomic E-state index is 10.7. The molecule has 18 heavy (non-hydrogen) atoms. The minimum Gasteiger partial charge on any atom is -0.508 e. The number of aliphatic hydroxyl groups is 3. The summed E-state index contributed by atoms with van der Waals surface area (Å²) >= 11 is 0. The Labute approximate surface area is 105 Å². The second kappa shape index (κ2) is 6.34. The highest BCUT2D eigenvalue weighted by atomic mass is 16.3. The summed E-state index contributed by atoms with van der Waals surface area (Å²) in [5.41, 5.74) is 0.618. The van der Waals surface area contributed by atoms with Crippen LogP contribution in [0.2, 0.25) is 0 Å². The van der Waals surface area contributed by atoms with Crippen molar-refractivity contribution in [2.45, 2.75) is 25.7 Å². The van der Waals surface area contributed by atoms with E-state index < -0.39 is 12.2 Å². The maximum absolute atomic E-state index is 10.7. The van der Waals surface area contributed by atoms with Crippen molar-refractivity contribution in [2.75, 3.05) is 6.54 Å². The van der Waals surface area contributed by atoms with Gasteiger partial charge in [0.1, 0.15) is 18.0 Å². The van der Waals surface area contributed by atoms with Crippen LogP contribution in [0.4, 0.5) is 0 Å². The van der Waals surface area contributed by atoms with Gasteiger partial charge in [-0.2, -0.15) is 0 Å². The van der Waals surface area contributed by atoms with Crippen molar-refractivity contribution < 1.29 is 25.2 Å². The maximum Gasteiger partial charge on any atom is 0.216 e. The van der Waals surface area contributed by atoms with E-state index in [9.17, 15) is 20.1 Å². The fourth-order valence-electron chi connectivity index (χ4n) is 1.50. The van der Waals surface area contributed by atoms with E-state index in [0.29, 0.717) is 5.56 Å². The van der Waals surface area contributed by atoms with Crippen LogP contribution in [-0.2, 0) is 11.4 Å². The molecule has 1 amide bonds. The molecule has 1 rings (SSSR count). The lowest BCUT2D eigenvalue weighted by Gasteiger charge is -2.19. The van der Waals surface area contributed by atoms with Crippen molar-refractivity contribution in [2.24, 2.45) is 0 Å². The van der Waals surface area contributed by atoms with E-state index in [4.69, 9.17) is 5.11 Å². The van der Waals surface area contributed by atoms with Crippen molar-refractivity contribution in [1.29, 1.82) is 0 Å². The predicted molar refractivity (Wildman–Crippen MR) is 63.7 cm³/mol. The number of phenols is 1. The Morgan fingerprint density at radius 1 is 1.39 bits per heavy atom. The second-order valence-corrected chi connectivity index (χ2v) is 4.00. The molecule has 0 aromatic heterocycles. The van der Waals surface area contributed by atoms with Crippen molar-refractivity contribution in [3.8, 4) is 5.75 Å². The summed E-state index contributed by atoms with van der Waals surface area (Å²) < 4.78 is 0. The molecule has 0 spiro atoms. The van der Waals surface area contributed by atoms with Gasteiger partial charge in [-0.3, -0.25) is 4.79 Å². The molecular weight excluding hydrogens is 238 g/mol. The van der Waals surface area contributed by atoms with Gasteiger partial charge >= 0.3 is 0 Å². The van der Waals surface area contributed by atoms with Crippen molar-refractivity contribution >= 4 is 5.91 Å². The molecule has 0 heterocycles. The Bertz CT molecular complexity index is 421. The first-order chi connectivity index (χ1) is 8.45. The highest BCUT2D eigenvalue weighted by Crippen LogP contribution is 2.24. The number of carbonyl (C=O) groups excluding carboxylic acids is 1. The van der Waals surface area contributed by atoms with E-state index in [1.807, 2.05) is 0 Å². The fraction of sp³-hybridized carbons (Fsp3) is 0.417. The molecule has 2 unspecified atom stereocenters. The third-order valence-corrected chi connectivity index (χ3v) is 2.54. The molecule has 5 N–H and O–H groups in total. The molecule has 0 aliphatic carbocycles. The van der Waals surface area contributed by atoms with Crippen LogP contribution < -0.4 is 5.32 Å². The number of hydrogen-bond acceptors (Lipinski definition) is 5. The van der Waals surface area contributed by atoms with Gasteiger partial charge in [-0.25, -0.2) is 0 Å². The molecule has 0 saturated heterocycles. The average Bonchev–Trinajstić information content (AvgIpc) is 2.35. The zero-order chi connectivity index (χ0) is 13.7. The molecule has 0 aliphatic heterocycles. The van der Waals surface area contributed by atoms with Gasteiger partial charge in [-0.05, 0) is 17.7 Å². The molecular formula is C12H17NO5. The number of rotatable bonds is 5. The summed E-state index contributed by atoms with van der Waals surface area (Å²) in [6, 6.07) is 4.17. The van der Waals surface area contributed by atoms with Gasteiger partial charge in [-0.15, -0.1) is 0 Å². The molecule has 6 nitrogen and oxygen atoms in total. The van der Waals surface area contributed by atoms with Crippen LogP contribution in [0.3, 0.4) is 0 Å². The van der Waals surface area contributed by atoms with E-state index in [0.717, 1.165) is 0 Å². The van der Waals surface area contributed by atoms with Crippen LogP contribution in [-0.4, -0.2) is 39.0 Å². The summed E-state index contributed by atoms with van der Waals surface area (Å²) in [6.45, 7) is 0.865. The number of carbonyl (C=O) groups is 1. The van der Waals surface area contributed by atoms with Gasteiger partial charge in [0.2, 0.25) is 5.91 Å². The van der Waals surface area contributed by atoms with Crippen LogP contribution in [0.5, 0.6) is 5.75 Å². The highest BCUT2D eigenvalue weighted by molar-refractivity contribution is 5.72. The normalized spacial score (nSPS) is 14.0. The van der Waals surface area contributed by atoms with E-state index in [1.165, 1.54) is 25.1 Å². The van der Waals surface area contributed by atoms with E-state index in [1.54, 1.807) is 0 Å². The molecule has 0 bridgehead atoms. The van der Waals surface area contributed by atoms with E-state index >= 15 is 0 Å². The summed E-state index contributed by atoms with van der Waals surface area (Å²) in [5.74, 6) is -0.382. The predicted octanol–water partition coefficient (Wildman–Crippen LogP) is -0.585. The summed E-state index contributed by atoms with van der Waals surface area (Å²) in [7, 11) is 0. The third kappa shape index (κ3) is 3.69. The van der Waals surface area contributed by atoms with E-state index in [-0.39, 0.29) is 30.4 Å². The molecule has 6 heteroatoms. The Morgan fingerprint density at radius 2 is 2.06 bits per heavy atom. The number of amides is 1. The minimum atomic E-state index is -1.21. The zero-order valence-corrected chi connectivity index (χ0v) is 10.00. The van der Waals surface area contributed by atoms with Crippen molar-refractivity contribution in [3.63, 3.8) is 0 Å². The van der Waals surface area contributed by atoms with Gasteiger partial charge in [0, 0.05) is 19.0 Å². The van der Waals surface area contributed by atoms with Crippen molar-refractivity contribution in [3.05, 3.63) is 29.3 Å². The first kappa shape index (κ1) is 14.4. The first-order valence-corrected chi connectivity index (χ1v) is 5.49. The molecule has 2 atom stereocenters. The van der Waals surface area contributed by atoms with Crippen LogP contribution in [0, 0.1) is 0 Å². The van der Waals surface area contributed by atoms with Gasteiger partial charge in [-0.1, -0.05) is 6.07 Å². The zero-order valence-electron chi connectivity index (χ0n) is 10.00. The summed E-state index contributed by atoms with van der Waals surface area (Å²) in [4.78, 5) is 10.7. The number of aromatic hydroxyl groups is 1. The quantitative estimate of drug-likeness (QED) is 0.483. The third-order valence-electron chi connectivity index (χ3n) is 2.54. The van der Waals surface area contributed by atoms with Crippen LogP contribution in [0.15, 0.2) is 18.2 Å². The number of hydrogen-bond donors (Lipinski definition) is 5. The Hall–Kier alpha value is -1.63.